The summed E-state index contributed by atoms with van der Waals surface area (Å²) in [7, 11) is -3.80. The monoisotopic (exact) mass is 491 g/mol. The van der Waals surface area contributed by atoms with E-state index in [0.717, 1.165) is 25.7 Å². The van der Waals surface area contributed by atoms with E-state index in [2.05, 4.69) is 0 Å². The molecule has 2 saturated carbocycles. The fourth-order valence-corrected chi connectivity index (χ4v) is 6.12. The maximum Gasteiger partial charge on any atom is 0.344 e. The van der Waals surface area contributed by atoms with Crippen molar-refractivity contribution in [1.82, 2.24) is 4.57 Å². The van der Waals surface area contributed by atoms with Gasteiger partial charge in [0.2, 0.25) is 0 Å². The highest BCUT2D eigenvalue weighted by atomic mass is 35.5. The molecule has 1 aromatic carbocycles. The summed E-state index contributed by atoms with van der Waals surface area (Å²) in [6.07, 6.45) is 3.35. The number of halogens is 1. The molecule has 33 heavy (non-hydrogen) atoms. The number of hydrogen-bond acceptors (Lipinski definition) is 6. The van der Waals surface area contributed by atoms with Gasteiger partial charge >= 0.3 is 5.97 Å². The summed E-state index contributed by atoms with van der Waals surface area (Å²) in [5.41, 5.74) is 0.684. The maximum absolute atomic E-state index is 13.5. The van der Waals surface area contributed by atoms with Crippen LogP contribution in [0.1, 0.15) is 73.7 Å². The zero-order valence-corrected chi connectivity index (χ0v) is 20.3. The number of sulfone groups is 1. The summed E-state index contributed by atoms with van der Waals surface area (Å²) in [5.74, 6) is 0.0702. The van der Waals surface area contributed by atoms with E-state index in [1.807, 2.05) is 0 Å². The Morgan fingerprint density at radius 2 is 1.88 bits per heavy atom. The average molecular weight is 492 g/mol. The molecule has 176 valence electrons. The number of carbonyl (C=O) groups is 1. The van der Waals surface area contributed by atoms with Gasteiger partial charge in [0.25, 0.3) is 5.56 Å². The number of pyridine rings is 1. The largest absolute Gasteiger partial charge is 0.492 e. The molecule has 3 aliphatic rings. The van der Waals surface area contributed by atoms with Crippen molar-refractivity contribution >= 4 is 27.4 Å². The van der Waals surface area contributed by atoms with E-state index in [4.69, 9.17) is 21.1 Å². The van der Waals surface area contributed by atoms with Gasteiger partial charge in [-0.2, -0.15) is 0 Å². The van der Waals surface area contributed by atoms with Crippen LogP contribution < -0.4 is 10.3 Å². The van der Waals surface area contributed by atoms with Gasteiger partial charge < -0.3 is 14.0 Å². The van der Waals surface area contributed by atoms with E-state index in [9.17, 15) is 18.0 Å². The van der Waals surface area contributed by atoms with Gasteiger partial charge in [0, 0.05) is 17.7 Å². The number of fused-ring (bicyclic) bond motifs is 3. The van der Waals surface area contributed by atoms with E-state index >= 15 is 0 Å². The highest BCUT2D eigenvalue weighted by molar-refractivity contribution is 7.92. The van der Waals surface area contributed by atoms with Gasteiger partial charge in [-0.05, 0) is 70.1 Å². The van der Waals surface area contributed by atoms with Gasteiger partial charge in [-0.3, -0.25) is 4.79 Å². The minimum atomic E-state index is -3.80. The molecule has 0 N–H and O–H groups in total. The molecule has 0 radical (unpaired) electrons. The molecule has 2 heterocycles. The zero-order valence-electron chi connectivity index (χ0n) is 18.8. The molecule has 2 aromatic rings. The Balaban J connectivity index is 1.73. The van der Waals surface area contributed by atoms with E-state index in [1.165, 1.54) is 12.1 Å². The normalized spacial score (nSPS) is 20.8. The van der Waals surface area contributed by atoms with Crippen LogP contribution in [-0.2, 0) is 14.6 Å². The molecule has 2 aliphatic carbocycles. The summed E-state index contributed by atoms with van der Waals surface area (Å²) in [6, 6.07) is 4.35. The molecule has 9 heteroatoms. The molecule has 7 nitrogen and oxygen atoms in total. The lowest BCUT2D eigenvalue weighted by molar-refractivity contribution is 0.0375. The molecule has 5 rings (SSSR count). The van der Waals surface area contributed by atoms with Crippen LogP contribution in [0.3, 0.4) is 0 Å². The van der Waals surface area contributed by atoms with Crippen molar-refractivity contribution in [2.75, 3.05) is 6.61 Å². The van der Waals surface area contributed by atoms with Gasteiger partial charge in [-0.1, -0.05) is 11.6 Å². The lowest BCUT2D eigenvalue weighted by Crippen LogP contribution is -2.33. The number of benzene rings is 1. The molecular weight excluding hydrogens is 466 g/mol. The van der Waals surface area contributed by atoms with Crippen molar-refractivity contribution in [1.29, 1.82) is 0 Å². The SMILES string of the molecule is CC(C)OC(=O)c1cc2c(n(C3CC3)c1=O)-c1cc(Cl)c(OCC3CC3)cc1S(=O)(=O)C2C. The van der Waals surface area contributed by atoms with E-state index in [-0.39, 0.29) is 16.5 Å². The Labute approximate surface area is 197 Å². The highest BCUT2D eigenvalue weighted by Crippen LogP contribution is 2.50. The second-order valence-corrected chi connectivity index (χ2v) is 12.1. The number of esters is 1. The molecule has 2 fully saturated rings. The first-order chi connectivity index (χ1) is 15.6. The molecular formula is C24H26ClNO6S. The van der Waals surface area contributed by atoms with Crippen molar-refractivity contribution in [2.45, 2.75) is 68.7 Å². The maximum atomic E-state index is 13.5. The van der Waals surface area contributed by atoms with Crippen molar-refractivity contribution in [3.63, 3.8) is 0 Å². The van der Waals surface area contributed by atoms with Crippen LogP contribution >= 0.6 is 11.6 Å². The fourth-order valence-electron chi connectivity index (χ4n) is 4.27. The second kappa shape index (κ2) is 7.87. The first-order valence-electron chi connectivity index (χ1n) is 11.3. The Morgan fingerprint density at radius 3 is 2.48 bits per heavy atom. The van der Waals surface area contributed by atoms with Crippen LogP contribution in [0.2, 0.25) is 5.02 Å². The van der Waals surface area contributed by atoms with Gasteiger partial charge in [0.05, 0.1) is 33.6 Å². The predicted molar refractivity (Wildman–Crippen MR) is 124 cm³/mol. The van der Waals surface area contributed by atoms with Crippen LogP contribution in [0, 0.1) is 5.92 Å². The first kappa shape index (κ1) is 22.5. The summed E-state index contributed by atoms with van der Waals surface area (Å²) in [6.45, 7) is 5.47. The number of ether oxygens (including phenoxy) is 2. The number of rotatable bonds is 6. The van der Waals surface area contributed by atoms with Crippen molar-refractivity contribution in [3.05, 3.63) is 44.7 Å². The Bertz CT molecular complexity index is 1320. The lowest BCUT2D eigenvalue weighted by Gasteiger charge is -2.29. The third-order valence-electron chi connectivity index (χ3n) is 6.41. The minimum Gasteiger partial charge on any atom is -0.492 e. The summed E-state index contributed by atoms with van der Waals surface area (Å²) in [5, 5.41) is -0.656. The van der Waals surface area contributed by atoms with Gasteiger partial charge in [0.1, 0.15) is 11.3 Å². The molecule has 1 unspecified atom stereocenters. The molecule has 0 saturated heterocycles. The van der Waals surface area contributed by atoms with Crippen molar-refractivity contribution in [3.8, 4) is 17.0 Å². The Hall–Kier alpha value is -2.32. The van der Waals surface area contributed by atoms with Crippen LogP contribution in [-0.4, -0.2) is 31.7 Å². The van der Waals surface area contributed by atoms with Crippen molar-refractivity contribution in [2.24, 2.45) is 5.92 Å². The number of nitrogens with zero attached hydrogens (tertiary/aromatic N) is 1. The topological polar surface area (TPSA) is 91.7 Å². The van der Waals surface area contributed by atoms with Gasteiger partial charge in [-0.15, -0.1) is 0 Å². The summed E-state index contributed by atoms with van der Waals surface area (Å²) < 4.78 is 39.7. The highest BCUT2D eigenvalue weighted by Gasteiger charge is 2.41. The molecule has 0 spiro atoms. The van der Waals surface area contributed by atoms with E-state index in [1.54, 1.807) is 31.4 Å². The van der Waals surface area contributed by atoms with Crippen LogP contribution in [0.4, 0.5) is 0 Å². The Morgan fingerprint density at radius 1 is 1.18 bits per heavy atom. The molecule has 1 atom stereocenters. The molecule has 1 aliphatic heterocycles. The molecule has 0 bridgehead atoms. The standard InChI is InChI=1S/C24H26ClNO6S/c1-12(2)32-24(28)18-8-16-13(3)33(29,30)21-10-20(31-11-14-4-5-14)19(25)9-17(21)22(16)26(23(18)27)15-6-7-15/h8-10,12-15H,4-7,11H2,1-3H3. The predicted octanol–water partition coefficient (Wildman–Crippen LogP) is 4.71. The van der Waals surface area contributed by atoms with Crippen LogP contribution in [0.15, 0.2) is 27.9 Å². The lowest BCUT2D eigenvalue weighted by atomic mass is 9.99. The fraction of sp³-hybridized carbons (Fsp3) is 0.500. The third kappa shape index (κ3) is 3.87. The number of aromatic nitrogens is 1. The first-order valence-corrected chi connectivity index (χ1v) is 13.2. The second-order valence-electron chi connectivity index (χ2n) is 9.44. The van der Waals surface area contributed by atoms with Gasteiger partial charge in [0.15, 0.2) is 9.84 Å². The minimum absolute atomic E-state index is 0.0940. The Kier molecular flexibility index (Phi) is 5.36. The summed E-state index contributed by atoms with van der Waals surface area (Å²) >= 11 is 6.51. The molecule has 0 amide bonds. The van der Waals surface area contributed by atoms with Crippen molar-refractivity contribution < 1.29 is 22.7 Å². The number of hydrogen-bond donors (Lipinski definition) is 0. The quantitative estimate of drug-likeness (QED) is 0.543. The molecule has 1 aromatic heterocycles. The van der Waals surface area contributed by atoms with Gasteiger partial charge in [-0.25, -0.2) is 13.2 Å². The van der Waals surface area contributed by atoms with Crippen LogP contribution in [0.5, 0.6) is 5.75 Å². The van der Waals surface area contributed by atoms with E-state index in [0.29, 0.717) is 40.1 Å². The third-order valence-corrected chi connectivity index (χ3v) is 8.84. The average Bonchev–Trinajstić information content (AvgIpc) is 3.64. The van der Waals surface area contributed by atoms with E-state index < -0.39 is 32.7 Å². The number of carbonyl (C=O) groups excluding carboxylic acids is 1. The smallest absolute Gasteiger partial charge is 0.344 e. The zero-order chi connectivity index (χ0) is 23.7. The summed E-state index contributed by atoms with van der Waals surface area (Å²) in [4.78, 5) is 26.2. The van der Waals surface area contributed by atoms with Crippen LogP contribution in [0.25, 0.3) is 11.3 Å².